The molecule has 0 spiro atoms. The maximum atomic E-state index is 13.4. The van der Waals surface area contributed by atoms with Gasteiger partial charge in [0.1, 0.15) is 11.6 Å². The molecule has 0 unspecified atom stereocenters. The van der Waals surface area contributed by atoms with Crippen LogP contribution in [0.2, 0.25) is 0 Å². The lowest BCUT2D eigenvalue weighted by Gasteiger charge is -2.05. The zero-order valence-electron chi connectivity index (χ0n) is 12.4. The van der Waals surface area contributed by atoms with Crippen molar-refractivity contribution in [2.75, 3.05) is 12.0 Å². The molecule has 2 aromatic rings. The average molecular weight is 304 g/mol. The second kappa shape index (κ2) is 8.12. The van der Waals surface area contributed by atoms with Crippen molar-refractivity contribution in [1.82, 2.24) is 0 Å². The molecule has 22 heavy (non-hydrogen) atoms. The number of hydrazone groups is 1. The molecule has 0 radical (unpaired) electrons. The zero-order chi connectivity index (χ0) is 15.8. The molecule has 2 aromatic carbocycles. The number of nitrogens with one attached hydrogen (secondary N) is 1. The van der Waals surface area contributed by atoms with E-state index in [1.165, 1.54) is 12.1 Å². The van der Waals surface area contributed by atoms with Crippen LogP contribution in [0.3, 0.4) is 0 Å². The number of unbranched alkanes of at least 4 members (excludes halogenated alkanes) is 1. The minimum Gasteiger partial charge on any atom is -0.494 e. The van der Waals surface area contributed by atoms with Crippen molar-refractivity contribution in [3.05, 3.63) is 59.7 Å². The number of rotatable bonds is 7. The summed E-state index contributed by atoms with van der Waals surface area (Å²) in [5.74, 6) is -0.495. The Morgan fingerprint density at radius 2 is 1.91 bits per heavy atom. The number of anilines is 1. The maximum absolute atomic E-state index is 13.4. The van der Waals surface area contributed by atoms with Gasteiger partial charge < -0.3 is 4.74 Å². The van der Waals surface area contributed by atoms with Crippen LogP contribution in [-0.4, -0.2) is 12.8 Å². The molecule has 0 saturated heterocycles. The quantitative estimate of drug-likeness (QED) is 0.461. The Morgan fingerprint density at radius 3 is 2.59 bits per heavy atom. The SMILES string of the molecule is CCCCOc1ccc(/C=N/Nc2ccc(F)cc2F)cc1. The minimum atomic E-state index is -0.683. The van der Waals surface area contributed by atoms with E-state index in [9.17, 15) is 8.78 Å². The van der Waals surface area contributed by atoms with Crippen LogP contribution in [0, 0.1) is 11.6 Å². The fraction of sp³-hybridized carbons (Fsp3) is 0.235. The van der Waals surface area contributed by atoms with Gasteiger partial charge in [0.15, 0.2) is 5.82 Å². The molecule has 116 valence electrons. The standard InChI is InChI=1S/C17H18F2N2O/c1-2-3-10-22-15-7-4-13(5-8-15)12-20-21-17-9-6-14(18)11-16(17)19/h4-9,11-12,21H,2-3,10H2,1H3/b20-12+. The molecular weight excluding hydrogens is 286 g/mol. The lowest BCUT2D eigenvalue weighted by atomic mass is 10.2. The van der Waals surface area contributed by atoms with Gasteiger partial charge in [-0.2, -0.15) is 5.10 Å². The van der Waals surface area contributed by atoms with Crippen LogP contribution in [0.4, 0.5) is 14.5 Å². The van der Waals surface area contributed by atoms with Crippen LogP contribution in [0.1, 0.15) is 25.3 Å². The van der Waals surface area contributed by atoms with Crippen molar-refractivity contribution >= 4 is 11.9 Å². The summed E-state index contributed by atoms with van der Waals surface area (Å²) in [6, 6.07) is 10.7. The fourth-order valence-electron chi connectivity index (χ4n) is 1.74. The molecule has 0 amide bonds. The number of nitrogens with zero attached hydrogens (tertiary/aromatic N) is 1. The number of halogens is 2. The molecule has 3 nitrogen and oxygen atoms in total. The maximum Gasteiger partial charge on any atom is 0.151 e. The first kappa shape index (κ1) is 15.9. The zero-order valence-corrected chi connectivity index (χ0v) is 12.4. The summed E-state index contributed by atoms with van der Waals surface area (Å²) >= 11 is 0. The predicted octanol–water partition coefficient (Wildman–Crippen LogP) is 4.59. The van der Waals surface area contributed by atoms with Gasteiger partial charge in [0.2, 0.25) is 0 Å². The van der Waals surface area contributed by atoms with Crippen molar-refractivity contribution in [3.63, 3.8) is 0 Å². The van der Waals surface area contributed by atoms with Gasteiger partial charge >= 0.3 is 0 Å². The molecule has 0 heterocycles. The smallest absolute Gasteiger partial charge is 0.151 e. The Hall–Kier alpha value is -2.43. The summed E-state index contributed by atoms with van der Waals surface area (Å²) < 4.78 is 31.7. The molecule has 1 N–H and O–H groups in total. The highest BCUT2D eigenvalue weighted by atomic mass is 19.1. The molecule has 2 rings (SSSR count). The van der Waals surface area contributed by atoms with Gasteiger partial charge in [0.05, 0.1) is 18.5 Å². The van der Waals surface area contributed by atoms with Gasteiger partial charge in [-0.1, -0.05) is 13.3 Å². The Labute approximate surface area is 128 Å². The third-order valence-electron chi connectivity index (χ3n) is 2.98. The summed E-state index contributed by atoms with van der Waals surface area (Å²) in [4.78, 5) is 0. The fourth-order valence-corrected chi connectivity index (χ4v) is 1.74. The van der Waals surface area contributed by atoms with Crippen molar-refractivity contribution in [1.29, 1.82) is 0 Å². The van der Waals surface area contributed by atoms with Gasteiger partial charge in [-0.3, -0.25) is 5.43 Å². The lowest BCUT2D eigenvalue weighted by molar-refractivity contribution is 0.309. The number of benzene rings is 2. The molecule has 0 aliphatic carbocycles. The molecule has 0 saturated carbocycles. The number of hydrogen-bond acceptors (Lipinski definition) is 3. The topological polar surface area (TPSA) is 33.6 Å². The second-order valence-corrected chi connectivity index (χ2v) is 4.77. The van der Waals surface area contributed by atoms with E-state index >= 15 is 0 Å². The molecule has 5 heteroatoms. The average Bonchev–Trinajstić information content (AvgIpc) is 2.51. The van der Waals surface area contributed by atoms with Crippen LogP contribution < -0.4 is 10.2 Å². The van der Waals surface area contributed by atoms with E-state index < -0.39 is 11.6 Å². The normalized spacial score (nSPS) is 10.9. The van der Waals surface area contributed by atoms with Gasteiger partial charge in [0.25, 0.3) is 0 Å². The van der Waals surface area contributed by atoms with Crippen LogP contribution in [-0.2, 0) is 0 Å². The van der Waals surface area contributed by atoms with E-state index in [1.807, 2.05) is 24.3 Å². The first-order chi connectivity index (χ1) is 10.7. The summed E-state index contributed by atoms with van der Waals surface area (Å²) in [5.41, 5.74) is 3.51. The first-order valence-corrected chi connectivity index (χ1v) is 7.16. The Balaban J connectivity index is 1.90. The van der Waals surface area contributed by atoms with Crippen LogP contribution in [0.15, 0.2) is 47.6 Å². The van der Waals surface area contributed by atoms with E-state index in [-0.39, 0.29) is 5.69 Å². The lowest BCUT2D eigenvalue weighted by Crippen LogP contribution is -1.97. The third kappa shape index (κ3) is 4.84. The van der Waals surface area contributed by atoms with E-state index in [4.69, 9.17) is 4.74 Å². The molecular formula is C17H18F2N2O. The minimum absolute atomic E-state index is 0.122. The van der Waals surface area contributed by atoms with Crippen LogP contribution >= 0.6 is 0 Å². The van der Waals surface area contributed by atoms with Crippen LogP contribution in [0.25, 0.3) is 0 Å². The predicted molar refractivity (Wildman–Crippen MR) is 84.4 cm³/mol. The Morgan fingerprint density at radius 1 is 1.14 bits per heavy atom. The van der Waals surface area contributed by atoms with E-state index in [0.717, 1.165) is 30.2 Å². The summed E-state index contributed by atoms with van der Waals surface area (Å²) in [6.07, 6.45) is 3.67. The summed E-state index contributed by atoms with van der Waals surface area (Å²) in [7, 11) is 0. The highest BCUT2D eigenvalue weighted by Crippen LogP contribution is 2.15. The second-order valence-electron chi connectivity index (χ2n) is 4.77. The van der Waals surface area contributed by atoms with E-state index in [2.05, 4.69) is 17.5 Å². The van der Waals surface area contributed by atoms with Gasteiger partial charge in [-0.05, 0) is 48.4 Å². The summed E-state index contributed by atoms with van der Waals surface area (Å²) in [6.45, 7) is 2.81. The van der Waals surface area contributed by atoms with Crippen molar-refractivity contribution in [3.8, 4) is 5.75 Å². The highest BCUT2D eigenvalue weighted by molar-refractivity contribution is 5.80. The van der Waals surface area contributed by atoms with E-state index in [0.29, 0.717) is 6.61 Å². The molecule has 0 aliphatic heterocycles. The molecule has 0 atom stereocenters. The van der Waals surface area contributed by atoms with Crippen molar-refractivity contribution < 1.29 is 13.5 Å². The van der Waals surface area contributed by atoms with Gasteiger partial charge in [-0.25, -0.2) is 8.78 Å². The van der Waals surface area contributed by atoms with Crippen molar-refractivity contribution in [2.24, 2.45) is 5.10 Å². The molecule has 0 aromatic heterocycles. The monoisotopic (exact) mass is 304 g/mol. The van der Waals surface area contributed by atoms with E-state index in [1.54, 1.807) is 6.21 Å². The Kier molecular flexibility index (Phi) is 5.89. The summed E-state index contributed by atoms with van der Waals surface area (Å²) in [5, 5.41) is 3.93. The van der Waals surface area contributed by atoms with Gasteiger partial charge in [-0.15, -0.1) is 0 Å². The number of ether oxygens (including phenoxy) is 1. The van der Waals surface area contributed by atoms with Gasteiger partial charge in [0, 0.05) is 6.07 Å². The molecule has 0 aliphatic rings. The largest absolute Gasteiger partial charge is 0.494 e. The molecule has 0 bridgehead atoms. The highest BCUT2D eigenvalue weighted by Gasteiger charge is 2.01. The van der Waals surface area contributed by atoms with Crippen LogP contribution in [0.5, 0.6) is 5.75 Å². The Bertz CT molecular complexity index is 627. The number of hydrogen-bond donors (Lipinski definition) is 1. The third-order valence-corrected chi connectivity index (χ3v) is 2.98. The first-order valence-electron chi connectivity index (χ1n) is 7.16. The van der Waals surface area contributed by atoms with Crippen molar-refractivity contribution in [2.45, 2.75) is 19.8 Å². The molecule has 0 fully saturated rings.